The van der Waals surface area contributed by atoms with Gasteiger partial charge >= 0.3 is 0 Å². The number of likely N-dealkylation sites (tertiary alicyclic amines) is 1. The number of carbonyl (C=O) groups excluding carboxylic acids is 1. The van der Waals surface area contributed by atoms with Crippen molar-refractivity contribution < 1.29 is 23.2 Å². The summed E-state index contributed by atoms with van der Waals surface area (Å²) in [5.74, 6) is 1.35. The van der Waals surface area contributed by atoms with Gasteiger partial charge in [-0.15, -0.1) is 0 Å². The highest BCUT2D eigenvalue weighted by molar-refractivity contribution is 6.33. The van der Waals surface area contributed by atoms with Gasteiger partial charge in [0.1, 0.15) is 23.0 Å². The van der Waals surface area contributed by atoms with Crippen molar-refractivity contribution in [1.82, 2.24) is 10.1 Å². The molecule has 6 rings (SSSR count). The molecule has 3 atom stereocenters. The Hall–Kier alpha value is -2.90. The van der Waals surface area contributed by atoms with E-state index in [1.165, 1.54) is 6.07 Å². The van der Waals surface area contributed by atoms with Crippen molar-refractivity contribution in [3.8, 4) is 17.0 Å². The molecule has 2 aliphatic carbocycles. The Kier molecular flexibility index (Phi) is 5.77. The highest BCUT2D eigenvalue weighted by Crippen LogP contribution is 2.46. The molecule has 0 N–H and O–H groups in total. The second-order valence-corrected chi connectivity index (χ2v) is 10.0. The molecule has 35 heavy (non-hydrogen) atoms. The van der Waals surface area contributed by atoms with Crippen LogP contribution in [0.5, 0.6) is 5.75 Å². The zero-order chi connectivity index (χ0) is 24.1. The predicted octanol–water partition coefficient (Wildman–Crippen LogP) is 5.73. The lowest BCUT2D eigenvalue weighted by Crippen LogP contribution is -2.42. The molecule has 3 aliphatic rings. The molecule has 8 heteroatoms. The summed E-state index contributed by atoms with van der Waals surface area (Å²) in [6, 6.07) is 12.5. The number of hydrogen-bond acceptors (Lipinski definition) is 5. The summed E-state index contributed by atoms with van der Waals surface area (Å²) in [7, 11) is 1.64. The largest absolute Gasteiger partial charge is 0.497 e. The minimum absolute atomic E-state index is 0.132. The predicted molar refractivity (Wildman–Crippen MR) is 128 cm³/mol. The molecule has 1 aromatic heterocycles. The SMILES string of the molecule is COc1ccc(CN2C(=O)[C@@H]3C[C@H]2C[C@H]3OCc2c(-c3c(F)cccc3Cl)noc2C2CC2)cc1. The van der Waals surface area contributed by atoms with E-state index in [0.717, 1.165) is 48.3 Å². The van der Waals surface area contributed by atoms with Crippen molar-refractivity contribution in [2.45, 2.75) is 56.9 Å². The first-order chi connectivity index (χ1) is 17.0. The van der Waals surface area contributed by atoms with E-state index < -0.39 is 5.82 Å². The third kappa shape index (κ3) is 4.10. The minimum Gasteiger partial charge on any atom is -0.497 e. The van der Waals surface area contributed by atoms with Crippen LogP contribution in [0.25, 0.3) is 11.3 Å². The summed E-state index contributed by atoms with van der Waals surface area (Å²) in [6.07, 6.45) is 3.43. The Labute approximate surface area is 207 Å². The normalized spacial score (nSPS) is 23.3. The molecule has 182 valence electrons. The smallest absolute Gasteiger partial charge is 0.228 e. The number of methoxy groups -OCH3 is 1. The summed E-state index contributed by atoms with van der Waals surface area (Å²) in [5, 5.41) is 4.47. The summed E-state index contributed by atoms with van der Waals surface area (Å²) >= 11 is 6.32. The van der Waals surface area contributed by atoms with Crippen LogP contribution in [0.1, 0.15) is 48.5 Å². The van der Waals surface area contributed by atoms with Gasteiger partial charge in [-0.1, -0.05) is 35.0 Å². The fourth-order valence-corrected chi connectivity index (χ4v) is 5.69. The molecule has 0 spiro atoms. The molecule has 2 aromatic carbocycles. The van der Waals surface area contributed by atoms with Crippen molar-refractivity contribution in [3.63, 3.8) is 0 Å². The first-order valence-corrected chi connectivity index (χ1v) is 12.4. The van der Waals surface area contributed by atoms with Gasteiger partial charge < -0.3 is 18.9 Å². The number of halogens is 2. The first-order valence-electron chi connectivity index (χ1n) is 12.0. The van der Waals surface area contributed by atoms with E-state index in [1.54, 1.807) is 19.2 Å². The maximum atomic E-state index is 14.7. The molecule has 2 heterocycles. The van der Waals surface area contributed by atoms with Crippen LogP contribution < -0.4 is 4.74 Å². The van der Waals surface area contributed by atoms with Gasteiger partial charge in [-0.2, -0.15) is 0 Å². The van der Waals surface area contributed by atoms with Gasteiger partial charge in [0, 0.05) is 24.1 Å². The highest BCUT2D eigenvalue weighted by Gasteiger charge is 2.51. The Bertz CT molecular complexity index is 1240. The number of benzene rings is 2. The van der Waals surface area contributed by atoms with Crippen molar-refractivity contribution in [2.75, 3.05) is 7.11 Å². The number of fused-ring (bicyclic) bond motifs is 2. The summed E-state index contributed by atoms with van der Waals surface area (Å²) in [6.45, 7) is 0.805. The van der Waals surface area contributed by atoms with Gasteiger partial charge in [0.2, 0.25) is 5.91 Å². The van der Waals surface area contributed by atoms with E-state index in [2.05, 4.69) is 5.16 Å². The van der Waals surface area contributed by atoms with E-state index in [4.69, 9.17) is 25.6 Å². The van der Waals surface area contributed by atoms with Crippen LogP contribution in [0.3, 0.4) is 0 Å². The quantitative estimate of drug-likeness (QED) is 0.398. The molecule has 0 unspecified atom stereocenters. The molecular formula is C27H26ClFN2O4. The Balaban J connectivity index is 1.17. The number of hydrogen-bond donors (Lipinski definition) is 0. The molecule has 3 fully saturated rings. The van der Waals surface area contributed by atoms with E-state index >= 15 is 0 Å². The zero-order valence-electron chi connectivity index (χ0n) is 19.4. The molecule has 1 aliphatic heterocycles. The van der Waals surface area contributed by atoms with Crippen LogP contribution in [-0.4, -0.2) is 35.2 Å². The average Bonchev–Trinajstić information content (AvgIpc) is 3.38. The van der Waals surface area contributed by atoms with Gasteiger partial charge in [0.25, 0.3) is 0 Å². The fourth-order valence-electron chi connectivity index (χ4n) is 5.44. The molecular weight excluding hydrogens is 471 g/mol. The van der Waals surface area contributed by atoms with Crippen LogP contribution in [0.4, 0.5) is 4.39 Å². The van der Waals surface area contributed by atoms with Crippen LogP contribution in [0.15, 0.2) is 47.0 Å². The number of amides is 1. The number of piperidine rings is 1. The molecule has 3 aromatic rings. The third-order valence-corrected chi connectivity index (χ3v) is 7.76. The molecule has 0 radical (unpaired) electrons. The van der Waals surface area contributed by atoms with Crippen LogP contribution in [0, 0.1) is 11.7 Å². The molecule has 2 bridgehead atoms. The number of rotatable bonds is 8. The number of carbonyl (C=O) groups is 1. The standard InChI is InChI=1S/C27H26ClFN2O4/c1-33-18-9-5-15(6-10-18)13-31-17-11-19(27(31)32)23(12-17)34-14-20-25(30-35-26(20)16-7-8-16)24-21(28)3-2-4-22(24)29/h2-6,9-10,16-17,19,23H,7-8,11-14H2,1H3/t17-,19+,23+/m0/s1. The van der Waals surface area contributed by atoms with Crippen LogP contribution in [0.2, 0.25) is 5.02 Å². The summed E-state index contributed by atoms with van der Waals surface area (Å²) < 4.78 is 31.8. The lowest BCUT2D eigenvalue weighted by Gasteiger charge is -2.31. The van der Waals surface area contributed by atoms with Crippen molar-refractivity contribution in [3.05, 3.63) is 70.2 Å². The minimum atomic E-state index is -0.446. The average molecular weight is 497 g/mol. The Morgan fingerprint density at radius 3 is 2.66 bits per heavy atom. The first kappa shape index (κ1) is 22.6. The summed E-state index contributed by atoms with van der Waals surface area (Å²) in [4.78, 5) is 15.1. The van der Waals surface area contributed by atoms with E-state index in [0.29, 0.717) is 12.2 Å². The van der Waals surface area contributed by atoms with Gasteiger partial charge in [0.15, 0.2) is 0 Å². The lowest BCUT2D eigenvalue weighted by atomic mass is 10.0. The Morgan fingerprint density at radius 2 is 1.97 bits per heavy atom. The van der Waals surface area contributed by atoms with E-state index in [1.807, 2.05) is 29.2 Å². The van der Waals surface area contributed by atoms with Gasteiger partial charge in [0.05, 0.1) is 36.3 Å². The van der Waals surface area contributed by atoms with Gasteiger partial charge in [-0.05, 0) is 55.5 Å². The molecule has 6 nitrogen and oxygen atoms in total. The second kappa shape index (κ2) is 8.95. The second-order valence-electron chi connectivity index (χ2n) is 9.64. The number of ether oxygens (including phenoxy) is 2. The van der Waals surface area contributed by atoms with Gasteiger partial charge in [-0.25, -0.2) is 4.39 Å². The van der Waals surface area contributed by atoms with E-state index in [9.17, 15) is 9.18 Å². The van der Waals surface area contributed by atoms with Crippen LogP contribution >= 0.6 is 11.6 Å². The zero-order valence-corrected chi connectivity index (χ0v) is 20.1. The van der Waals surface area contributed by atoms with Crippen LogP contribution in [-0.2, 0) is 22.7 Å². The molecule has 2 saturated carbocycles. The molecule has 1 saturated heterocycles. The molecule has 1 amide bonds. The van der Waals surface area contributed by atoms with Crippen molar-refractivity contribution in [2.24, 2.45) is 5.92 Å². The maximum Gasteiger partial charge on any atom is 0.228 e. The maximum absolute atomic E-state index is 14.7. The highest BCUT2D eigenvalue weighted by atomic mass is 35.5. The number of nitrogens with zero attached hydrogens (tertiary/aromatic N) is 2. The number of aromatic nitrogens is 1. The lowest BCUT2D eigenvalue weighted by molar-refractivity contribution is -0.141. The topological polar surface area (TPSA) is 64.8 Å². The van der Waals surface area contributed by atoms with E-state index in [-0.39, 0.29) is 47.1 Å². The monoisotopic (exact) mass is 496 g/mol. The van der Waals surface area contributed by atoms with Crippen molar-refractivity contribution in [1.29, 1.82) is 0 Å². The van der Waals surface area contributed by atoms with Crippen molar-refractivity contribution >= 4 is 17.5 Å². The summed E-state index contributed by atoms with van der Waals surface area (Å²) in [5.41, 5.74) is 2.45. The fraction of sp³-hybridized carbons (Fsp3) is 0.407. The van der Waals surface area contributed by atoms with Gasteiger partial charge in [-0.3, -0.25) is 4.79 Å². The third-order valence-electron chi connectivity index (χ3n) is 7.44. The Morgan fingerprint density at radius 1 is 1.17 bits per heavy atom.